The third kappa shape index (κ3) is 3.17. The molecule has 0 atom stereocenters. The third-order valence-electron chi connectivity index (χ3n) is 4.18. The van der Waals surface area contributed by atoms with Gasteiger partial charge in [0.2, 0.25) is 0 Å². The molecule has 1 aliphatic rings. The summed E-state index contributed by atoms with van der Waals surface area (Å²) in [5.74, 6) is 0.944. The fourth-order valence-electron chi connectivity index (χ4n) is 2.97. The average molecular weight is 314 g/mol. The fourth-order valence-corrected chi connectivity index (χ4v) is 3.09. The third-order valence-corrected chi connectivity index (χ3v) is 4.43. The largest absolute Gasteiger partial charge is 0.496 e. The van der Waals surface area contributed by atoms with Crippen molar-refractivity contribution in [1.82, 2.24) is 0 Å². The lowest BCUT2D eigenvalue weighted by Gasteiger charge is -2.19. The molecule has 0 aliphatic carbocycles. The molecule has 2 aromatic rings. The van der Waals surface area contributed by atoms with Gasteiger partial charge in [-0.15, -0.1) is 0 Å². The second-order valence-electron chi connectivity index (χ2n) is 5.68. The Bertz CT molecular complexity index is 704. The van der Waals surface area contributed by atoms with Gasteiger partial charge in [0.25, 0.3) is 0 Å². The quantitative estimate of drug-likeness (QED) is 0.806. The first-order chi connectivity index (χ1) is 10.7. The van der Waals surface area contributed by atoms with Crippen molar-refractivity contribution in [3.63, 3.8) is 0 Å². The van der Waals surface area contributed by atoms with Crippen LogP contribution in [-0.2, 0) is 12.8 Å². The summed E-state index contributed by atoms with van der Waals surface area (Å²) in [5.41, 5.74) is 6.31. The Hall–Kier alpha value is -1.80. The van der Waals surface area contributed by atoms with Crippen LogP contribution in [0.4, 0.5) is 0 Å². The molecule has 3 rings (SSSR count). The summed E-state index contributed by atoms with van der Waals surface area (Å²) in [6.07, 6.45) is 2.94. The molecule has 0 spiro atoms. The Kier molecular flexibility index (Phi) is 4.49. The molecule has 22 heavy (non-hydrogen) atoms. The zero-order valence-electron chi connectivity index (χ0n) is 13.0. The topological polar surface area (TPSA) is 21.6 Å². The van der Waals surface area contributed by atoms with Crippen LogP contribution >= 0.6 is 11.6 Å². The van der Waals surface area contributed by atoms with Gasteiger partial charge < -0.3 is 4.74 Å². The lowest BCUT2D eigenvalue weighted by Crippen LogP contribution is -2.14. The van der Waals surface area contributed by atoms with Crippen molar-refractivity contribution in [3.8, 4) is 5.75 Å². The van der Waals surface area contributed by atoms with E-state index in [1.54, 1.807) is 7.11 Å². The van der Waals surface area contributed by atoms with E-state index in [0.717, 1.165) is 36.6 Å². The number of hydrogen-bond acceptors (Lipinski definition) is 2. The summed E-state index contributed by atoms with van der Waals surface area (Å²) in [5, 5.41) is 0.782. The fraction of sp³-hybridized carbons (Fsp3) is 0.316. The number of aliphatic imine (C=N–C) groups is 1. The van der Waals surface area contributed by atoms with Crippen LogP contribution in [0, 0.1) is 6.92 Å². The Balaban J connectivity index is 1.81. The molecule has 2 nitrogen and oxygen atoms in total. The number of halogens is 1. The van der Waals surface area contributed by atoms with Gasteiger partial charge in [-0.2, -0.15) is 0 Å². The van der Waals surface area contributed by atoms with Gasteiger partial charge in [0.1, 0.15) is 5.75 Å². The van der Waals surface area contributed by atoms with Crippen molar-refractivity contribution >= 4 is 17.3 Å². The van der Waals surface area contributed by atoms with E-state index in [4.69, 9.17) is 21.3 Å². The van der Waals surface area contributed by atoms with E-state index in [0.29, 0.717) is 0 Å². The normalized spacial score (nSPS) is 13.5. The Labute approximate surface area is 136 Å². The summed E-state index contributed by atoms with van der Waals surface area (Å²) >= 11 is 5.94. The van der Waals surface area contributed by atoms with E-state index >= 15 is 0 Å². The van der Waals surface area contributed by atoms with Crippen LogP contribution in [0.3, 0.4) is 0 Å². The van der Waals surface area contributed by atoms with E-state index in [-0.39, 0.29) is 0 Å². The van der Waals surface area contributed by atoms with Crippen molar-refractivity contribution in [2.45, 2.75) is 26.2 Å². The molecule has 114 valence electrons. The summed E-state index contributed by atoms with van der Waals surface area (Å²) < 4.78 is 5.47. The van der Waals surface area contributed by atoms with Crippen molar-refractivity contribution in [3.05, 3.63) is 63.7 Å². The summed E-state index contributed by atoms with van der Waals surface area (Å²) in [6, 6.07) is 12.4. The minimum absolute atomic E-state index is 0.782. The summed E-state index contributed by atoms with van der Waals surface area (Å²) in [6.45, 7) is 2.98. The SMILES string of the molecule is COc1cc2c(cc1C)CCN=C2CCc1ccc(Cl)cc1. The lowest BCUT2D eigenvalue weighted by molar-refractivity contribution is 0.411. The smallest absolute Gasteiger partial charge is 0.122 e. The number of ether oxygens (including phenoxy) is 1. The van der Waals surface area contributed by atoms with E-state index < -0.39 is 0 Å². The second-order valence-corrected chi connectivity index (χ2v) is 6.12. The Morgan fingerprint density at radius 1 is 1.14 bits per heavy atom. The van der Waals surface area contributed by atoms with Crippen LogP contribution in [0.1, 0.15) is 28.7 Å². The minimum atomic E-state index is 0.782. The highest BCUT2D eigenvalue weighted by molar-refractivity contribution is 6.30. The van der Waals surface area contributed by atoms with Gasteiger partial charge in [0.05, 0.1) is 7.11 Å². The molecule has 0 radical (unpaired) electrons. The van der Waals surface area contributed by atoms with Gasteiger partial charge in [-0.25, -0.2) is 0 Å². The van der Waals surface area contributed by atoms with Crippen LogP contribution in [0.5, 0.6) is 5.75 Å². The summed E-state index contributed by atoms with van der Waals surface area (Å²) in [4.78, 5) is 4.74. The molecule has 3 heteroatoms. The van der Waals surface area contributed by atoms with E-state index in [9.17, 15) is 0 Å². The lowest BCUT2D eigenvalue weighted by atomic mass is 9.92. The maximum absolute atomic E-state index is 5.94. The number of methoxy groups -OCH3 is 1. The van der Waals surface area contributed by atoms with Crippen LogP contribution in [-0.4, -0.2) is 19.4 Å². The molecular formula is C19H20ClNO. The zero-order chi connectivity index (χ0) is 15.5. The predicted octanol–water partition coefficient (Wildman–Crippen LogP) is 4.64. The maximum Gasteiger partial charge on any atom is 0.122 e. The molecule has 0 N–H and O–H groups in total. The molecule has 0 amide bonds. The first kappa shape index (κ1) is 15.1. The summed E-state index contributed by atoms with van der Waals surface area (Å²) in [7, 11) is 1.72. The molecular weight excluding hydrogens is 294 g/mol. The van der Waals surface area contributed by atoms with Gasteiger partial charge >= 0.3 is 0 Å². The molecule has 0 bridgehead atoms. The molecule has 0 unspecified atom stereocenters. The zero-order valence-corrected chi connectivity index (χ0v) is 13.8. The van der Waals surface area contributed by atoms with Crippen molar-refractivity contribution in [2.24, 2.45) is 4.99 Å². The maximum atomic E-state index is 5.94. The molecule has 0 saturated heterocycles. The monoisotopic (exact) mass is 313 g/mol. The minimum Gasteiger partial charge on any atom is -0.496 e. The van der Waals surface area contributed by atoms with Gasteiger partial charge in [-0.05, 0) is 61.1 Å². The number of aryl methyl sites for hydroxylation is 2. The molecule has 0 aromatic heterocycles. The number of rotatable bonds is 4. The Morgan fingerprint density at radius 3 is 2.64 bits per heavy atom. The molecule has 1 aliphatic heterocycles. The van der Waals surface area contributed by atoms with Gasteiger partial charge in [-0.1, -0.05) is 29.8 Å². The van der Waals surface area contributed by atoms with E-state index in [1.165, 1.54) is 28.0 Å². The predicted molar refractivity (Wildman–Crippen MR) is 92.6 cm³/mol. The van der Waals surface area contributed by atoms with Crippen molar-refractivity contribution < 1.29 is 4.74 Å². The standard InChI is InChI=1S/C19H20ClNO/c1-13-11-15-9-10-21-18(17(15)12-19(13)22-2)8-5-14-3-6-16(20)7-4-14/h3-4,6-7,11-12H,5,8-10H2,1-2H3. The van der Waals surface area contributed by atoms with Crippen LogP contribution in [0.25, 0.3) is 0 Å². The molecule has 2 aromatic carbocycles. The number of nitrogens with zero attached hydrogens (tertiary/aromatic N) is 1. The van der Waals surface area contributed by atoms with Crippen LogP contribution in [0.15, 0.2) is 41.4 Å². The van der Waals surface area contributed by atoms with Gasteiger partial charge in [0.15, 0.2) is 0 Å². The molecule has 0 fully saturated rings. The van der Waals surface area contributed by atoms with Gasteiger partial charge in [-0.3, -0.25) is 4.99 Å². The van der Waals surface area contributed by atoms with E-state index in [2.05, 4.69) is 31.2 Å². The van der Waals surface area contributed by atoms with Gasteiger partial charge in [0, 0.05) is 22.8 Å². The second kappa shape index (κ2) is 6.53. The average Bonchev–Trinajstić information content (AvgIpc) is 2.53. The highest BCUT2D eigenvalue weighted by atomic mass is 35.5. The first-order valence-electron chi connectivity index (χ1n) is 7.63. The van der Waals surface area contributed by atoms with Crippen LogP contribution in [0.2, 0.25) is 5.02 Å². The molecule has 0 saturated carbocycles. The number of fused-ring (bicyclic) bond motifs is 1. The number of hydrogen-bond donors (Lipinski definition) is 0. The Morgan fingerprint density at radius 2 is 1.91 bits per heavy atom. The van der Waals surface area contributed by atoms with Crippen LogP contribution < -0.4 is 4.74 Å². The van der Waals surface area contributed by atoms with E-state index in [1.807, 2.05) is 12.1 Å². The molecule has 1 heterocycles. The highest BCUT2D eigenvalue weighted by Crippen LogP contribution is 2.27. The highest BCUT2D eigenvalue weighted by Gasteiger charge is 2.16. The number of benzene rings is 2. The van der Waals surface area contributed by atoms with Crippen molar-refractivity contribution in [1.29, 1.82) is 0 Å². The van der Waals surface area contributed by atoms with Crippen molar-refractivity contribution in [2.75, 3.05) is 13.7 Å². The first-order valence-corrected chi connectivity index (χ1v) is 8.01.